The largest absolute Gasteiger partial charge is 0.497 e. The van der Waals surface area contributed by atoms with Gasteiger partial charge in [-0.05, 0) is 89.7 Å². The van der Waals surface area contributed by atoms with Gasteiger partial charge >= 0.3 is 6.18 Å². The Morgan fingerprint density at radius 1 is 0.889 bits per heavy atom. The molecule has 232 valence electrons. The molecule has 5 nitrogen and oxygen atoms in total. The van der Waals surface area contributed by atoms with Crippen LogP contribution in [0.1, 0.15) is 51.2 Å². The van der Waals surface area contributed by atoms with Gasteiger partial charge in [-0.15, -0.1) is 0 Å². The number of aromatic nitrogens is 1. The van der Waals surface area contributed by atoms with Gasteiger partial charge in [-0.1, -0.05) is 18.2 Å². The number of hydrogen-bond acceptors (Lipinski definition) is 4. The molecule has 1 aromatic heterocycles. The average molecular weight is 621 g/mol. The van der Waals surface area contributed by atoms with Crippen LogP contribution in [0.5, 0.6) is 17.2 Å². The monoisotopic (exact) mass is 620 g/mol. The van der Waals surface area contributed by atoms with Crippen LogP contribution in [-0.4, -0.2) is 30.6 Å². The second-order valence-electron chi connectivity index (χ2n) is 11.4. The van der Waals surface area contributed by atoms with E-state index in [0.717, 1.165) is 69.7 Å². The quantitative estimate of drug-likeness (QED) is 0.194. The van der Waals surface area contributed by atoms with E-state index >= 15 is 0 Å². The summed E-state index contributed by atoms with van der Waals surface area (Å²) in [6.07, 6.45) is -3.25. The Kier molecular flexibility index (Phi) is 7.19. The lowest BCUT2D eigenvalue weighted by Crippen LogP contribution is -2.43. The minimum Gasteiger partial charge on any atom is -0.497 e. The highest BCUT2D eigenvalue weighted by Crippen LogP contribution is 2.50. The zero-order valence-corrected chi connectivity index (χ0v) is 24.5. The molecule has 0 aliphatic carbocycles. The summed E-state index contributed by atoms with van der Waals surface area (Å²) in [5, 5.41) is 1.05. The summed E-state index contributed by atoms with van der Waals surface area (Å²) in [5.74, 6) is 0.254. The molecular formula is C35H29F5N2O3. The summed E-state index contributed by atoms with van der Waals surface area (Å²) >= 11 is 0. The zero-order chi connectivity index (χ0) is 31.5. The fourth-order valence-electron chi connectivity index (χ4n) is 6.72. The van der Waals surface area contributed by atoms with Crippen molar-refractivity contribution >= 4 is 10.9 Å². The summed E-state index contributed by atoms with van der Waals surface area (Å²) < 4.78 is 85.0. The van der Waals surface area contributed by atoms with E-state index in [1.165, 1.54) is 19.2 Å². The Morgan fingerprint density at radius 3 is 2.40 bits per heavy atom. The van der Waals surface area contributed by atoms with Crippen molar-refractivity contribution in [1.29, 1.82) is 0 Å². The maximum absolute atomic E-state index is 14.6. The Labute approximate surface area is 256 Å². The van der Waals surface area contributed by atoms with Crippen molar-refractivity contribution in [2.45, 2.75) is 37.7 Å². The van der Waals surface area contributed by atoms with E-state index in [1.807, 2.05) is 42.5 Å². The van der Waals surface area contributed by atoms with Crippen molar-refractivity contribution in [3.05, 3.63) is 124 Å². The first-order valence-electron chi connectivity index (χ1n) is 14.5. The third-order valence-corrected chi connectivity index (χ3v) is 8.92. The Morgan fingerprint density at radius 2 is 1.69 bits per heavy atom. The number of aromatic amines is 1. The number of alkyl halides is 3. The van der Waals surface area contributed by atoms with Crippen LogP contribution in [0.25, 0.3) is 10.9 Å². The lowest BCUT2D eigenvalue weighted by molar-refractivity contribution is -0.137. The molecule has 10 heteroatoms. The number of methoxy groups -OCH3 is 2. The number of H-pyrrole nitrogens is 1. The number of rotatable bonds is 6. The molecule has 0 saturated heterocycles. The van der Waals surface area contributed by atoms with E-state index in [4.69, 9.17) is 14.2 Å². The molecule has 2 unspecified atom stereocenters. The van der Waals surface area contributed by atoms with Crippen LogP contribution in [-0.2, 0) is 25.6 Å². The zero-order valence-electron chi connectivity index (χ0n) is 24.5. The van der Waals surface area contributed by atoms with Crippen LogP contribution in [0.4, 0.5) is 22.0 Å². The fourth-order valence-corrected chi connectivity index (χ4v) is 6.72. The van der Waals surface area contributed by atoms with Gasteiger partial charge in [0.05, 0.1) is 25.8 Å². The number of hydrogen-bond donors (Lipinski definition) is 1. The van der Waals surface area contributed by atoms with Crippen molar-refractivity contribution in [3.63, 3.8) is 0 Å². The first kappa shape index (κ1) is 29.2. The molecule has 0 fully saturated rings. The molecule has 0 amide bonds. The highest BCUT2D eigenvalue weighted by molar-refractivity contribution is 5.87. The summed E-state index contributed by atoms with van der Waals surface area (Å²) in [5.41, 5.74) is 5.15. The molecule has 0 spiro atoms. The van der Waals surface area contributed by atoms with Gasteiger partial charge in [0.25, 0.3) is 0 Å². The molecule has 2 aliphatic rings. The molecule has 45 heavy (non-hydrogen) atoms. The summed E-state index contributed by atoms with van der Waals surface area (Å²) in [6.45, 7) is 0.454. The molecule has 0 saturated carbocycles. The van der Waals surface area contributed by atoms with E-state index in [1.54, 1.807) is 7.11 Å². The number of ether oxygens (including phenoxy) is 3. The van der Waals surface area contributed by atoms with Gasteiger partial charge in [-0.25, -0.2) is 8.78 Å². The maximum Gasteiger partial charge on any atom is 0.416 e. The number of nitrogens with zero attached hydrogens (tertiary/aromatic N) is 1. The van der Waals surface area contributed by atoms with Gasteiger partial charge in [-0.2, -0.15) is 13.2 Å². The van der Waals surface area contributed by atoms with Crippen LogP contribution in [0.2, 0.25) is 0 Å². The molecule has 2 atom stereocenters. The number of benzene rings is 4. The van der Waals surface area contributed by atoms with Gasteiger partial charge in [0.2, 0.25) is 0 Å². The number of fused-ring (bicyclic) bond motifs is 6. The third-order valence-electron chi connectivity index (χ3n) is 8.92. The second-order valence-corrected chi connectivity index (χ2v) is 11.4. The Balaban J connectivity index is 1.29. The normalized spacial score (nSPS) is 17.8. The first-order valence-corrected chi connectivity index (χ1v) is 14.5. The van der Waals surface area contributed by atoms with Gasteiger partial charge in [0, 0.05) is 34.7 Å². The van der Waals surface area contributed by atoms with Crippen LogP contribution in [0.3, 0.4) is 0 Å². The first-order chi connectivity index (χ1) is 21.6. The molecule has 7 rings (SSSR count). The lowest BCUT2D eigenvalue weighted by atomic mass is 9.80. The number of halogens is 5. The second kappa shape index (κ2) is 11.1. The fraction of sp³-hybridized carbons (Fsp3) is 0.257. The third kappa shape index (κ3) is 5.16. The summed E-state index contributed by atoms with van der Waals surface area (Å²) in [6, 6.07) is 18.5. The molecule has 4 aromatic carbocycles. The minimum atomic E-state index is -4.64. The van der Waals surface area contributed by atoms with Gasteiger partial charge in [0.15, 0.2) is 11.5 Å². The lowest BCUT2D eigenvalue weighted by Gasteiger charge is -2.46. The van der Waals surface area contributed by atoms with Crippen molar-refractivity contribution < 1.29 is 36.2 Å². The predicted octanol–water partition coefficient (Wildman–Crippen LogP) is 8.31. The summed E-state index contributed by atoms with van der Waals surface area (Å²) in [7, 11) is 3.14. The van der Waals surface area contributed by atoms with Crippen molar-refractivity contribution in [1.82, 2.24) is 9.88 Å². The standard InChI is InChI=1S/C35H29F5N2O3/c1-43-24-9-10-29-26(15-24)27-16-30-25-17-32(45-18-21-3-6-22(14-28(21)37)35(38,39)40)31(44-2)13-20(25)11-12-42(30)34(33(27)41-29)19-4-7-23(36)8-5-19/h3-10,13-15,17,30,34,41H,11-12,16,18H2,1-2H3. The smallest absolute Gasteiger partial charge is 0.416 e. The molecule has 0 radical (unpaired) electrons. The Hall–Kier alpha value is -4.57. The van der Waals surface area contributed by atoms with E-state index in [0.29, 0.717) is 24.0 Å². The number of nitrogens with one attached hydrogen (secondary N) is 1. The Bertz CT molecular complexity index is 1900. The molecular weight excluding hydrogens is 591 g/mol. The van der Waals surface area contributed by atoms with Crippen LogP contribution in [0.15, 0.2) is 72.8 Å². The highest BCUT2D eigenvalue weighted by atomic mass is 19.4. The SMILES string of the molecule is COc1ccc2[nH]c3c(c2c1)CC1c2cc(OCc4ccc(C(F)(F)F)cc4F)c(OC)cc2CCN1C3c1ccc(F)cc1. The van der Waals surface area contributed by atoms with Crippen molar-refractivity contribution in [3.8, 4) is 17.2 Å². The molecule has 5 aromatic rings. The molecule has 1 N–H and O–H groups in total. The van der Waals surface area contributed by atoms with E-state index < -0.39 is 17.6 Å². The minimum absolute atomic E-state index is 0.00387. The van der Waals surface area contributed by atoms with Crippen LogP contribution >= 0.6 is 0 Å². The van der Waals surface area contributed by atoms with Crippen molar-refractivity contribution in [2.24, 2.45) is 0 Å². The van der Waals surface area contributed by atoms with E-state index in [-0.39, 0.29) is 30.1 Å². The summed E-state index contributed by atoms with van der Waals surface area (Å²) in [4.78, 5) is 6.03. The predicted molar refractivity (Wildman–Crippen MR) is 159 cm³/mol. The van der Waals surface area contributed by atoms with Crippen molar-refractivity contribution in [2.75, 3.05) is 20.8 Å². The van der Waals surface area contributed by atoms with E-state index in [9.17, 15) is 22.0 Å². The van der Waals surface area contributed by atoms with Gasteiger partial charge < -0.3 is 19.2 Å². The van der Waals surface area contributed by atoms with E-state index in [2.05, 4.69) is 9.88 Å². The maximum atomic E-state index is 14.6. The van der Waals surface area contributed by atoms with Gasteiger partial charge in [0.1, 0.15) is 24.0 Å². The highest BCUT2D eigenvalue weighted by Gasteiger charge is 2.41. The van der Waals surface area contributed by atoms with Crippen LogP contribution in [0, 0.1) is 11.6 Å². The molecule has 2 aliphatic heterocycles. The van der Waals surface area contributed by atoms with Gasteiger partial charge in [-0.3, -0.25) is 4.90 Å². The molecule has 0 bridgehead atoms. The average Bonchev–Trinajstić information content (AvgIpc) is 3.40. The topological polar surface area (TPSA) is 46.7 Å². The molecule has 3 heterocycles. The van der Waals surface area contributed by atoms with Crippen LogP contribution < -0.4 is 14.2 Å².